The van der Waals surface area contributed by atoms with Gasteiger partial charge < -0.3 is 4.90 Å². The molecule has 2 unspecified atom stereocenters. The summed E-state index contributed by atoms with van der Waals surface area (Å²) < 4.78 is 14.7. The fourth-order valence-corrected chi connectivity index (χ4v) is 4.32. The standard InChI is InChI=1S/C15H14BrCl2FN4/c1-22-7-2-3-8(22)6-23(5-7)14-9-4-10(17)11(16)12(19)13(9)20-15(18)21-14/h4,7-8H,2-3,5-6H2,1H3. The summed E-state index contributed by atoms with van der Waals surface area (Å²) in [5, 5.41) is 0.954. The molecule has 0 radical (unpaired) electrons. The molecule has 0 N–H and O–H groups in total. The minimum atomic E-state index is -0.504. The van der Waals surface area contributed by atoms with Gasteiger partial charge in [-0.2, -0.15) is 4.98 Å². The third kappa shape index (κ3) is 2.51. The monoisotopic (exact) mass is 418 g/mol. The number of likely N-dealkylation sites (N-methyl/N-ethyl adjacent to an activating group) is 1. The second-order valence-electron chi connectivity index (χ2n) is 6.15. The Kier molecular flexibility index (Phi) is 3.91. The second kappa shape index (κ2) is 5.69. The molecule has 1 aromatic heterocycles. The van der Waals surface area contributed by atoms with Gasteiger partial charge in [0.15, 0.2) is 5.82 Å². The first-order chi connectivity index (χ1) is 11.0. The molecule has 2 aromatic rings. The van der Waals surface area contributed by atoms with Crippen LogP contribution in [0.2, 0.25) is 10.3 Å². The summed E-state index contributed by atoms with van der Waals surface area (Å²) in [6.45, 7) is 1.70. The molecule has 2 fully saturated rings. The lowest BCUT2D eigenvalue weighted by atomic mass is 10.1. The van der Waals surface area contributed by atoms with E-state index < -0.39 is 5.82 Å². The van der Waals surface area contributed by atoms with Crippen molar-refractivity contribution in [3.63, 3.8) is 0 Å². The quantitative estimate of drug-likeness (QED) is 0.514. The third-order valence-electron chi connectivity index (χ3n) is 4.93. The van der Waals surface area contributed by atoms with Gasteiger partial charge in [-0.05, 0) is 53.5 Å². The summed E-state index contributed by atoms with van der Waals surface area (Å²) in [5.74, 6) is 0.161. The Morgan fingerprint density at radius 2 is 1.87 bits per heavy atom. The van der Waals surface area contributed by atoms with Crippen molar-refractivity contribution in [1.82, 2.24) is 14.9 Å². The highest BCUT2D eigenvalue weighted by atomic mass is 79.9. The topological polar surface area (TPSA) is 32.3 Å². The minimum absolute atomic E-state index is 0.0481. The number of aromatic nitrogens is 2. The van der Waals surface area contributed by atoms with Crippen LogP contribution in [-0.4, -0.2) is 47.1 Å². The lowest BCUT2D eigenvalue weighted by Gasteiger charge is -2.39. The first-order valence-corrected chi connectivity index (χ1v) is 8.98. The maximum atomic E-state index is 14.5. The van der Waals surface area contributed by atoms with E-state index in [1.165, 1.54) is 12.8 Å². The predicted octanol–water partition coefficient (Wildman–Crippen LogP) is 4.12. The average Bonchev–Trinajstić information content (AvgIpc) is 2.75. The normalized spacial score (nSPS) is 24.7. The number of fused-ring (bicyclic) bond motifs is 3. The molecule has 2 bridgehead atoms. The van der Waals surface area contributed by atoms with Crippen LogP contribution in [0.5, 0.6) is 0 Å². The first-order valence-electron chi connectivity index (χ1n) is 7.43. The van der Waals surface area contributed by atoms with E-state index in [1.54, 1.807) is 6.07 Å². The van der Waals surface area contributed by atoms with E-state index in [2.05, 4.69) is 42.7 Å². The number of piperazine rings is 1. The molecule has 3 heterocycles. The van der Waals surface area contributed by atoms with Crippen molar-refractivity contribution < 1.29 is 4.39 Å². The van der Waals surface area contributed by atoms with Crippen LogP contribution in [0.3, 0.4) is 0 Å². The Balaban J connectivity index is 1.87. The van der Waals surface area contributed by atoms with E-state index in [1.807, 2.05) is 0 Å². The molecule has 1 aromatic carbocycles. The molecule has 4 nitrogen and oxygen atoms in total. The number of rotatable bonds is 1. The Morgan fingerprint density at radius 3 is 2.52 bits per heavy atom. The summed E-state index contributed by atoms with van der Waals surface area (Å²) in [7, 11) is 2.17. The molecule has 2 atom stereocenters. The molecule has 23 heavy (non-hydrogen) atoms. The largest absolute Gasteiger partial charge is 0.353 e. The van der Waals surface area contributed by atoms with Crippen molar-refractivity contribution in [2.75, 3.05) is 25.0 Å². The Bertz CT molecular complexity index is 789. The van der Waals surface area contributed by atoms with E-state index >= 15 is 0 Å². The van der Waals surface area contributed by atoms with Crippen molar-refractivity contribution in [2.45, 2.75) is 24.9 Å². The van der Waals surface area contributed by atoms with E-state index in [0.717, 1.165) is 13.1 Å². The van der Waals surface area contributed by atoms with Crippen molar-refractivity contribution >= 4 is 55.9 Å². The fourth-order valence-electron chi connectivity index (χ4n) is 3.66. The van der Waals surface area contributed by atoms with E-state index in [9.17, 15) is 4.39 Å². The molecule has 0 spiro atoms. The zero-order chi connectivity index (χ0) is 16.3. The van der Waals surface area contributed by atoms with Crippen molar-refractivity contribution in [1.29, 1.82) is 0 Å². The number of hydrogen-bond donors (Lipinski definition) is 0. The number of hydrogen-bond acceptors (Lipinski definition) is 4. The highest BCUT2D eigenvalue weighted by Crippen LogP contribution is 2.38. The van der Waals surface area contributed by atoms with Gasteiger partial charge >= 0.3 is 0 Å². The van der Waals surface area contributed by atoms with Crippen LogP contribution in [0.15, 0.2) is 10.5 Å². The molecular formula is C15H14BrCl2FN4. The molecule has 122 valence electrons. The van der Waals surface area contributed by atoms with Gasteiger partial charge in [0.2, 0.25) is 5.28 Å². The number of halogens is 4. The molecule has 0 amide bonds. The fraction of sp³-hybridized carbons (Fsp3) is 0.467. The summed E-state index contributed by atoms with van der Waals surface area (Å²) in [6.07, 6.45) is 2.35. The van der Waals surface area contributed by atoms with Crippen LogP contribution in [0.25, 0.3) is 10.9 Å². The second-order valence-corrected chi connectivity index (χ2v) is 7.69. The van der Waals surface area contributed by atoms with Crippen LogP contribution in [0, 0.1) is 5.82 Å². The number of anilines is 1. The van der Waals surface area contributed by atoms with Gasteiger partial charge in [-0.15, -0.1) is 0 Å². The zero-order valence-electron chi connectivity index (χ0n) is 12.4. The van der Waals surface area contributed by atoms with Crippen LogP contribution < -0.4 is 4.90 Å². The first kappa shape index (κ1) is 15.8. The van der Waals surface area contributed by atoms with E-state index in [0.29, 0.717) is 28.3 Å². The molecule has 8 heteroatoms. The SMILES string of the molecule is CN1C2CCC1CN(c1nc(Cl)nc3c(F)c(Br)c(Cl)cc13)C2. The molecule has 0 aliphatic carbocycles. The molecular weight excluding hydrogens is 406 g/mol. The van der Waals surface area contributed by atoms with Gasteiger partial charge in [-0.1, -0.05) is 11.6 Å². The van der Waals surface area contributed by atoms with Gasteiger partial charge in [0.05, 0.1) is 9.50 Å². The Morgan fingerprint density at radius 1 is 1.22 bits per heavy atom. The average molecular weight is 420 g/mol. The lowest BCUT2D eigenvalue weighted by Crippen LogP contribution is -2.52. The van der Waals surface area contributed by atoms with Crippen LogP contribution in [0.1, 0.15) is 12.8 Å². The summed E-state index contributed by atoms with van der Waals surface area (Å²) >= 11 is 15.3. The lowest BCUT2D eigenvalue weighted by molar-refractivity contribution is 0.212. The third-order valence-corrected chi connectivity index (χ3v) is 6.40. The van der Waals surface area contributed by atoms with Gasteiger partial charge in [0, 0.05) is 30.6 Å². The molecule has 2 saturated heterocycles. The van der Waals surface area contributed by atoms with E-state index in [-0.39, 0.29) is 15.3 Å². The zero-order valence-corrected chi connectivity index (χ0v) is 15.5. The van der Waals surface area contributed by atoms with Gasteiger partial charge in [-0.25, -0.2) is 9.37 Å². The van der Waals surface area contributed by atoms with Crippen molar-refractivity contribution in [3.8, 4) is 0 Å². The van der Waals surface area contributed by atoms with Crippen LogP contribution in [0.4, 0.5) is 10.2 Å². The van der Waals surface area contributed by atoms with Gasteiger partial charge in [-0.3, -0.25) is 4.90 Å². The highest BCUT2D eigenvalue weighted by molar-refractivity contribution is 9.10. The van der Waals surface area contributed by atoms with Gasteiger partial charge in [0.1, 0.15) is 11.3 Å². The maximum Gasteiger partial charge on any atom is 0.225 e. The van der Waals surface area contributed by atoms with Crippen molar-refractivity contribution in [3.05, 3.63) is 26.7 Å². The molecule has 2 aliphatic heterocycles. The van der Waals surface area contributed by atoms with Crippen LogP contribution in [-0.2, 0) is 0 Å². The van der Waals surface area contributed by atoms with Crippen LogP contribution >= 0.6 is 39.1 Å². The Labute approximate surface area is 151 Å². The number of benzene rings is 1. The molecule has 4 rings (SSSR count). The van der Waals surface area contributed by atoms with Crippen molar-refractivity contribution in [2.24, 2.45) is 0 Å². The Hall–Kier alpha value is -0.690. The van der Waals surface area contributed by atoms with Gasteiger partial charge in [0.25, 0.3) is 0 Å². The summed E-state index contributed by atoms with van der Waals surface area (Å²) in [6, 6.07) is 2.69. The van der Waals surface area contributed by atoms with E-state index in [4.69, 9.17) is 23.2 Å². The molecule has 0 saturated carbocycles. The summed E-state index contributed by atoms with van der Waals surface area (Å²) in [5.41, 5.74) is 0.197. The maximum absolute atomic E-state index is 14.5. The minimum Gasteiger partial charge on any atom is -0.353 e. The highest BCUT2D eigenvalue weighted by Gasteiger charge is 2.38. The summed E-state index contributed by atoms with van der Waals surface area (Å²) in [4.78, 5) is 13.0. The molecule has 2 aliphatic rings. The predicted molar refractivity (Wildman–Crippen MR) is 94.0 cm³/mol. The number of nitrogens with zero attached hydrogens (tertiary/aromatic N) is 4. The smallest absolute Gasteiger partial charge is 0.225 e.